The summed E-state index contributed by atoms with van der Waals surface area (Å²) in [6, 6.07) is 0. The first-order chi connectivity index (χ1) is 8.41. The van der Waals surface area contributed by atoms with Gasteiger partial charge in [0.25, 0.3) is 0 Å². The van der Waals surface area contributed by atoms with E-state index in [9.17, 15) is 8.42 Å². The molecule has 0 spiro atoms. The lowest BCUT2D eigenvalue weighted by Gasteiger charge is -2.32. The zero-order valence-electron chi connectivity index (χ0n) is 11.2. The molecule has 0 amide bonds. The third-order valence-electron chi connectivity index (χ3n) is 3.45. The zero-order valence-corrected chi connectivity index (χ0v) is 12.0. The minimum Gasteiger partial charge on any atom is -0.346 e. The highest BCUT2D eigenvalue weighted by Gasteiger charge is 2.32. The van der Waals surface area contributed by atoms with E-state index in [1.807, 2.05) is 6.92 Å². The number of piperidine rings is 1. The van der Waals surface area contributed by atoms with Gasteiger partial charge in [0.05, 0.1) is 5.25 Å². The molecule has 0 unspecified atom stereocenters. The van der Waals surface area contributed by atoms with Crippen molar-refractivity contribution in [3.8, 4) is 0 Å². The summed E-state index contributed by atoms with van der Waals surface area (Å²) in [4.78, 5) is 7.54. The number of imidazole rings is 1. The Hall–Kier alpha value is -0.880. The largest absolute Gasteiger partial charge is 0.346 e. The quantitative estimate of drug-likeness (QED) is 0.908. The number of rotatable bonds is 3. The maximum absolute atomic E-state index is 12.2. The molecule has 102 valence electrons. The number of hydrogen-bond donors (Lipinski definition) is 1. The SMILES string of the molecule is Cc1cnc([C@@H]2CCCN(S(=O)(=O)C(C)C)C2)[nH]1. The van der Waals surface area contributed by atoms with Crippen molar-refractivity contribution < 1.29 is 8.42 Å². The summed E-state index contributed by atoms with van der Waals surface area (Å²) >= 11 is 0. The summed E-state index contributed by atoms with van der Waals surface area (Å²) in [6.07, 6.45) is 3.69. The summed E-state index contributed by atoms with van der Waals surface area (Å²) in [5.74, 6) is 1.11. The molecule has 1 N–H and O–H groups in total. The van der Waals surface area contributed by atoms with Crippen LogP contribution in [0.5, 0.6) is 0 Å². The van der Waals surface area contributed by atoms with E-state index >= 15 is 0 Å². The molecule has 1 aliphatic rings. The van der Waals surface area contributed by atoms with Crippen molar-refractivity contribution >= 4 is 10.0 Å². The van der Waals surface area contributed by atoms with E-state index in [2.05, 4.69) is 9.97 Å². The molecule has 2 heterocycles. The molecule has 0 saturated carbocycles. The van der Waals surface area contributed by atoms with Gasteiger partial charge in [-0.1, -0.05) is 0 Å². The first-order valence-electron chi connectivity index (χ1n) is 6.41. The molecule has 6 heteroatoms. The van der Waals surface area contributed by atoms with Crippen LogP contribution in [0.25, 0.3) is 0 Å². The van der Waals surface area contributed by atoms with Gasteiger partial charge < -0.3 is 4.98 Å². The van der Waals surface area contributed by atoms with E-state index in [0.717, 1.165) is 24.4 Å². The number of nitrogens with zero attached hydrogens (tertiary/aromatic N) is 2. The summed E-state index contributed by atoms with van der Waals surface area (Å²) in [6.45, 7) is 6.61. The Morgan fingerprint density at radius 1 is 1.50 bits per heavy atom. The van der Waals surface area contributed by atoms with Gasteiger partial charge in [0.1, 0.15) is 5.82 Å². The molecule has 0 radical (unpaired) electrons. The number of aromatic nitrogens is 2. The number of aryl methyl sites for hydroxylation is 1. The summed E-state index contributed by atoms with van der Waals surface area (Å²) in [5, 5.41) is -0.352. The Bertz CT molecular complexity index is 507. The maximum Gasteiger partial charge on any atom is 0.216 e. The van der Waals surface area contributed by atoms with Gasteiger partial charge >= 0.3 is 0 Å². The van der Waals surface area contributed by atoms with Crippen molar-refractivity contribution in [1.82, 2.24) is 14.3 Å². The first kappa shape index (κ1) is 13.5. The van der Waals surface area contributed by atoms with Crippen LogP contribution in [0.15, 0.2) is 6.20 Å². The number of aromatic amines is 1. The molecule has 1 saturated heterocycles. The van der Waals surface area contributed by atoms with Crippen LogP contribution in [-0.2, 0) is 10.0 Å². The normalized spacial score (nSPS) is 22.6. The van der Waals surface area contributed by atoms with Gasteiger partial charge in [-0.15, -0.1) is 0 Å². The van der Waals surface area contributed by atoms with Crippen molar-refractivity contribution in [2.45, 2.75) is 44.8 Å². The Kier molecular flexibility index (Phi) is 3.77. The van der Waals surface area contributed by atoms with E-state index in [1.165, 1.54) is 0 Å². The zero-order chi connectivity index (χ0) is 13.3. The third-order valence-corrected chi connectivity index (χ3v) is 5.69. The van der Waals surface area contributed by atoms with E-state index in [4.69, 9.17) is 0 Å². The van der Waals surface area contributed by atoms with Gasteiger partial charge in [-0.2, -0.15) is 0 Å². The molecular weight excluding hydrogens is 250 g/mol. The number of H-pyrrole nitrogens is 1. The van der Waals surface area contributed by atoms with Gasteiger partial charge in [-0.3, -0.25) is 0 Å². The highest BCUT2D eigenvalue weighted by molar-refractivity contribution is 7.89. The van der Waals surface area contributed by atoms with Gasteiger partial charge in [0.2, 0.25) is 10.0 Å². The van der Waals surface area contributed by atoms with Crippen LogP contribution in [0.2, 0.25) is 0 Å². The molecule has 18 heavy (non-hydrogen) atoms. The second kappa shape index (κ2) is 5.01. The number of nitrogens with one attached hydrogen (secondary N) is 1. The fraction of sp³-hybridized carbons (Fsp3) is 0.750. The standard InChI is InChI=1S/C12H21N3O2S/c1-9(2)18(16,17)15-6-4-5-11(8-15)12-13-7-10(3)14-12/h7,9,11H,4-6,8H2,1-3H3,(H,13,14)/t11-/m1/s1. The van der Waals surface area contributed by atoms with Crippen LogP contribution in [0.1, 0.15) is 44.1 Å². The molecule has 5 nitrogen and oxygen atoms in total. The smallest absolute Gasteiger partial charge is 0.216 e. The lowest BCUT2D eigenvalue weighted by Crippen LogP contribution is -2.42. The summed E-state index contributed by atoms with van der Waals surface area (Å²) < 4.78 is 25.9. The Morgan fingerprint density at radius 3 is 2.78 bits per heavy atom. The highest BCUT2D eigenvalue weighted by atomic mass is 32.2. The van der Waals surface area contributed by atoms with Crippen molar-refractivity contribution in [2.75, 3.05) is 13.1 Å². The van der Waals surface area contributed by atoms with Gasteiger partial charge in [-0.05, 0) is 33.6 Å². The van der Waals surface area contributed by atoms with Crippen LogP contribution in [0.4, 0.5) is 0 Å². The minimum absolute atomic E-state index is 0.195. The molecule has 0 aromatic carbocycles. The monoisotopic (exact) mass is 271 g/mol. The van der Waals surface area contributed by atoms with Gasteiger partial charge in [0, 0.05) is 30.9 Å². The topological polar surface area (TPSA) is 66.1 Å². The summed E-state index contributed by atoms with van der Waals surface area (Å²) in [5.41, 5.74) is 1.02. The summed E-state index contributed by atoms with van der Waals surface area (Å²) in [7, 11) is -3.14. The second-order valence-corrected chi connectivity index (χ2v) is 7.73. The van der Waals surface area contributed by atoms with Crippen molar-refractivity contribution in [3.05, 3.63) is 17.7 Å². The van der Waals surface area contributed by atoms with E-state index in [-0.39, 0.29) is 11.2 Å². The average molecular weight is 271 g/mol. The van der Waals surface area contributed by atoms with Crippen molar-refractivity contribution in [3.63, 3.8) is 0 Å². The number of hydrogen-bond acceptors (Lipinski definition) is 3. The van der Waals surface area contributed by atoms with Gasteiger partial charge in [0.15, 0.2) is 0 Å². The Balaban J connectivity index is 2.14. The lowest BCUT2D eigenvalue weighted by molar-refractivity contribution is 0.308. The molecule has 1 fully saturated rings. The average Bonchev–Trinajstić information content (AvgIpc) is 2.76. The molecule has 1 aromatic rings. The molecule has 2 rings (SSSR count). The van der Waals surface area contributed by atoms with Crippen LogP contribution in [0, 0.1) is 6.92 Å². The Labute approximate surface area is 109 Å². The van der Waals surface area contributed by atoms with Gasteiger partial charge in [-0.25, -0.2) is 17.7 Å². The molecule has 0 aliphatic carbocycles. The van der Waals surface area contributed by atoms with Crippen LogP contribution in [-0.4, -0.2) is 41.0 Å². The highest BCUT2D eigenvalue weighted by Crippen LogP contribution is 2.27. The minimum atomic E-state index is -3.14. The first-order valence-corrected chi connectivity index (χ1v) is 7.92. The predicted molar refractivity (Wildman–Crippen MR) is 70.9 cm³/mol. The van der Waals surface area contributed by atoms with Crippen LogP contribution < -0.4 is 0 Å². The van der Waals surface area contributed by atoms with E-state index in [1.54, 1.807) is 24.3 Å². The van der Waals surface area contributed by atoms with Crippen molar-refractivity contribution in [1.29, 1.82) is 0 Å². The van der Waals surface area contributed by atoms with Crippen molar-refractivity contribution in [2.24, 2.45) is 0 Å². The third kappa shape index (κ3) is 2.59. The fourth-order valence-corrected chi connectivity index (χ4v) is 3.70. The molecule has 0 bridgehead atoms. The van der Waals surface area contributed by atoms with Crippen LogP contribution in [0.3, 0.4) is 0 Å². The Morgan fingerprint density at radius 2 is 2.22 bits per heavy atom. The fourth-order valence-electron chi connectivity index (χ4n) is 2.34. The molecule has 1 aliphatic heterocycles. The maximum atomic E-state index is 12.2. The van der Waals surface area contributed by atoms with Crippen LogP contribution >= 0.6 is 0 Å². The van der Waals surface area contributed by atoms with E-state index in [0.29, 0.717) is 13.1 Å². The predicted octanol–water partition coefficient (Wildman–Crippen LogP) is 1.64. The number of sulfonamides is 1. The molecule has 1 aromatic heterocycles. The molecular formula is C12H21N3O2S. The lowest BCUT2D eigenvalue weighted by atomic mass is 9.99. The molecule has 1 atom stereocenters. The second-order valence-electron chi connectivity index (χ2n) is 5.24. The van der Waals surface area contributed by atoms with E-state index < -0.39 is 10.0 Å².